The summed E-state index contributed by atoms with van der Waals surface area (Å²) in [5.41, 5.74) is 7.62. The van der Waals surface area contributed by atoms with E-state index in [1.54, 1.807) is 6.07 Å². The molecular formula is C14H18FN3. The lowest BCUT2D eigenvalue weighted by atomic mass is 9.98. The van der Waals surface area contributed by atoms with Crippen LogP contribution < -0.4 is 11.1 Å². The van der Waals surface area contributed by atoms with Crippen LogP contribution in [-0.2, 0) is 7.05 Å². The highest BCUT2D eigenvalue weighted by Gasteiger charge is 2.29. The lowest BCUT2D eigenvalue weighted by Crippen LogP contribution is -2.25. The van der Waals surface area contributed by atoms with Crippen molar-refractivity contribution in [1.29, 1.82) is 0 Å². The zero-order chi connectivity index (χ0) is 12.7. The Kier molecular flexibility index (Phi) is 2.84. The van der Waals surface area contributed by atoms with Crippen LogP contribution in [-0.4, -0.2) is 17.7 Å². The lowest BCUT2D eigenvalue weighted by molar-refractivity contribution is 0.454. The molecule has 0 bridgehead atoms. The highest BCUT2D eigenvalue weighted by atomic mass is 19.1. The van der Waals surface area contributed by atoms with Crippen molar-refractivity contribution in [3.63, 3.8) is 0 Å². The molecule has 3 rings (SSSR count). The third-order valence-electron chi connectivity index (χ3n) is 4.02. The Morgan fingerprint density at radius 2 is 2.33 bits per heavy atom. The number of benzene rings is 1. The summed E-state index contributed by atoms with van der Waals surface area (Å²) in [6.07, 6.45) is 1.09. The Bertz CT molecular complexity index is 576. The normalized spacial score (nSPS) is 23.9. The maximum atomic E-state index is 13.9. The first kappa shape index (κ1) is 11.7. The molecule has 3 N–H and O–H groups in total. The number of halogens is 1. The van der Waals surface area contributed by atoms with Gasteiger partial charge in [0, 0.05) is 18.1 Å². The Labute approximate surface area is 106 Å². The Balaban J connectivity index is 2.13. The summed E-state index contributed by atoms with van der Waals surface area (Å²) < 4.78 is 15.8. The highest BCUT2D eigenvalue weighted by Crippen LogP contribution is 2.32. The van der Waals surface area contributed by atoms with E-state index in [0.29, 0.717) is 18.0 Å². The molecule has 2 atom stereocenters. The maximum Gasteiger partial charge on any atom is 0.147 e. The molecule has 1 aliphatic heterocycles. The summed E-state index contributed by atoms with van der Waals surface area (Å²) in [6, 6.07) is 7.53. The fourth-order valence-electron chi connectivity index (χ4n) is 3.04. The third-order valence-corrected chi connectivity index (χ3v) is 4.02. The van der Waals surface area contributed by atoms with E-state index in [2.05, 4.69) is 11.4 Å². The highest BCUT2D eigenvalue weighted by molar-refractivity contribution is 5.82. The van der Waals surface area contributed by atoms with E-state index in [1.807, 2.05) is 17.7 Å². The predicted molar refractivity (Wildman–Crippen MR) is 70.8 cm³/mol. The van der Waals surface area contributed by atoms with Gasteiger partial charge in [0.05, 0.1) is 11.6 Å². The second kappa shape index (κ2) is 4.37. The van der Waals surface area contributed by atoms with Crippen molar-refractivity contribution < 1.29 is 4.39 Å². The number of nitrogens with zero attached hydrogens (tertiary/aromatic N) is 1. The van der Waals surface area contributed by atoms with Crippen molar-refractivity contribution in [2.75, 3.05) is 13.1 Å². The number of hydrogen-bond acceptors (Lipinski definition) is 2. The van der Waals surface area contributed by atoms with Gasteiger partial charge in [-0.1, -0.05) is 12.1 Å². The fourth-order valence-corrected chi connectivity index (χ4v) is 3.04. The molecular weight excluding hydrogens is 229 g/mol. The van der Waals surface area contributed by atoms with Gasteiger partial charge in [-0.3, -0.25) is 0 Å². The minimum absolute atomic E-state index is 0.163. The lowest BCUT2D eigenvalue weighted by Gasteiger charge is -2.19. The van der Waals surface area contributed by atoms with Gasteiger partial charge in [0.2, 0.25) is 0 Å². The van der Waals surface area contributed by atoms with E-state index in [9.17, 15) is 4.39 Å². The van der Waals surface area contributed by atoms with Crippen molar-refractivity contribution in [3.8, 4) is 0 Å². The summed E-state index contributed by atoms with van der Waals surface area (Å²) in [7, 11) is 1.92. The maximum absolute atomic E-state index is 13.9. The van der Waals surface area contributed by atoms with E-state index in [1.165, 1.54) is 6.07 Å². The van der Waals surface area contributed by atoms with E-state index in [4.69, 9.17) is 5.73 Å². The summed E-state index contributed by atoms with van der Waals surface area (Å²) in [6.45, 7) is 1.65. The zero-order valence-electron chi connectivity index (χ0n) is 10.5. The molecule has 1 fully saturated rings. The molecule has 1 aromatic heterocycles. The first-order valence-corrected chi connectivity index (χ1v) is 6.39. The number of rotatable bonds is 2. The number of nitrogens with two attached hydrogens (primary N) is 1. The van der Waals surface area contributed by atoms with Crippen molar-refractivity contribution >= 4 is 10.9 Å². The number of nitrogens with one attached hydrogen (secondary N) is 1. The van der Waals surface area contributed by atoms with Gasteiger partial charge in [0.15, 0.2) is 0 Å². The van der Waals surface area contributed by atoms with E-state index in [0.717, 1.165) is 24.0 Å². The molecule has 3 nitrogen and oxygen atoms in total. The molecule has 0 spiro atoms. The van der Waals surface area contributed by atoms with Crippen LogP contribution in [0.25, 0.3) is 10.9 Å². The molecule has 0 radical (unpaired) electrons. The second-order valence-electron chi connectivity index (χ2n) is 5.02. The monoisotopic (exact) mass is 247 g/mol. The molecule has 2 aromatic rings. The molecule has 0 saturated carbocycles. The summed E-state index contributed by atoms with van der Waals surface area (Å²) >= 11 is 0. The molecule has 0 aliphatic carbocycles. The molecule has 1 saturated heterocycles. The van der Waals surface area contributed by atoms with E-state index < -0.39 is 0 Å². The van der Waals surface area contributed by atoms with Gasteiger partial charge in [-0.15, -0.1) is 0 Å². The van der Waals surface area contributed by atoms with Gasteiger partial charge in [-0.25, -0.2) is 4.39 Å². The fraction of sp³-hybridized carbons (Fsp3) is 0.429. The minimum Gasteiger partial charge on any atom is -0.344 e. The number of aryl methyl sites for hydroxylation is 1. The average Bonchev–Trinajstić information content (AvgIpc) is 2.94. The van der Waals surface area contributed by atoms with Crippen LogP contribution in [0.3, 0.4) is 0 Å². The molecule has 4 heteroatoms. The quantitative estimate of drug-likeness (QED) is 0.851. The molecule has 2 heterocycles. The number of para-hydroxylation sites is 1. The molecule has 1 aliphatic rings. The van der Waals surface area contributed by atoms with Crippen molar-refractivity contribution in [2.24, 2.45) is 18.7 Å². The van der Waals surface area contributed by atoms with E-state index in [-0.39, 0.29) is 11.9 Å². The van der Waals surface area contributed by atoms with Gasteiger partial charge < -0.3 is 15.6 Å². The van der Waals surface area contributed by atoms with Crippen LogP contribution in [0.4, 0.5) is 4.39 Å². The topological polar surface area (TPSA) is 43.0 Å². The van der Waals surface area contributed by atoms with Gasteiger partial charge in [0.25, 0.3) is 0 Å². The predicted octanol–water partition coefficient (Wildman–Crippen LogP) is 1.93. The van der Waals surface area contributed by atoms with Crippen molar-refractivity contribution in [2.45, 2.75) is 12.5 Å². The standard InChI is InChI=1S/C14H18FN3/c1-18-12(13-10(8-16)5-6-17-13)7-9-3-2-4-11(15)14(9)18/h2-4,7,10,13,17H,5-6,8,16H2,1H3. The minimum atomic E-state index is -0.163. The number of hydrogen-bond donors (Lipinski definition) is 2. The Morgan fingerprint density at radius 3 is 3.06 bits per heavy atom. The van der Waals surface area contributed by atoms with Crippen LogP contribution in [0.5, 0.6) is 0 Å². The molecule has 18 heavy (non-hydrogen) atoms. The Hall–Kier alpha value is -1.39. The number of fused-ring (bicyclic) bond motifs is 1. The van der Waals surface area contributed by atoms with Crippen LogP contribution >= 0.6 is 0 Å². The first-order chi connectivity index (χ1) is 8.72. The SMILES string of the molecule is Cn1c(C2NCCC2CN)cc2cccc(F)c21. The molecule has 96 valence electrons. The number of aromatic nitrogens is 1. The van der Waals surface area contributed by atoms with Gasteiger partial charge >= 0.3 is 0 Å². The van der Waals surface area contributed by atoms with Crippen LogP contribution in [0, 0.1) is 11.7 Å². The van der Waals surface area contributed by atoms with E-state index >= 15 is 0 Å². The van der Waals surface area contributed by atoms with Crippen molar-refractivity contribution in [3.05, 3.63) is 35.8 Å². The van der Waals surface area contributed by atoms with Crippen LogP contribution in [0.15, 0.2) is 24.3 Å². The second-order valence-corrected chi connectivity index (χ2v) is 5.02. The zero-order valence-corrected chi connectivity index (χ0v) is 10.5. The molecule has 2 unspecified atom stereocenters. The Morgan fingerprint density at radius 1 is 1.50 bits per heavy atom. The van der Waals surface area contributed by atoms with Gasteiger partial charge in [-0.05, 0) is 37.6 Å². The third kappa shape index (κ3) is 1.64. The smallest absolute Gasteiger partial charge is 0.147 e. The average molecular weight is 247 g/mol. The summed E-state index contributed by atoms with van der Waals surface area (Å²) in [5, 5.41) is 4.43. The van der Waals surface area contributed by atoms with Gasteiger partial charge in [-0.2, -0.15) is 0 Å². The first-order valence-electron chi connectivity index (χ1n) is 6.39. The largest absolute Gasteiger partial charge is 0.344 e. The summed E-state index contributed by atoms with van der Waals surface area (Å²) in [4.78, 5) is 0. The molecule has 1 aromatic carbocycles. The van der Waals surface area contributed by atoms with Crippen LogP contribution in [0.2, 0.25) is 0 Å². The molecule has 0 amide bonds. The van der Waals surface area contributed by atoms with Crippen LogP contribution in [0.1, 0.15) is 18.2 Å². The summed E-state index contributed by atoms with van der Waals surface area (Å²) in [5.74, 6) is 0.277. The van der Waals surface area contributed by atoms with Crippen molar-refractivity contribution in [1.82, 2.24) is 9.88 Å². The van der Waals surface area contributed by atoms with Gasteiger partial charge in [0.1, 0.15) is 5.82 Å².